The van der Waals surface area contributed by atoms with Gasteiger partial charge in [-0.15, -0.1) is 0 Å². The largest absolute Gasteiger partial charge is 1.00 e. The first-order valence-corrected chi connectivity index (χ1v) is 6.02. The van der Waals surface area contributed by atoms with Gasteiger partial charge in [-0.2, -0.15) is 4.65 Å². The van der Waals surface area contributed by atoms with Crippen LogP contribution in [0.4, 0.5) is 0 Å². The van der Waals surface area contributed by atoms with Crippen LogP contribution in [0.15, 0.2) is 0 Å². The van der Waals surface area contributed by atoms with E-state index in [2.05, 4.69) is 28.1 Å². The zero-order chi connectivity index (χ0) is 10.9. The minimum absolute atomic E-state index is 0. The highest BCUT2D eigenvalue weighted by Gasteiger charge is 2.06. The molecule has 0 aromatic carbocycles. The van der Waals surface area contributed by atoms with Crippen LogP contribution >= 0.6 is 0 Å². The van der Waals surface area contributed by atoms with Crippen LogP contribution in [0.25, 0.3) is 0 Å². The Balaban J connectivity index is 0. The molecule has 0 aromatic rings. The van der Waals surface area contributed by atoms with Crippen molar-refractivity contribution < 1.29 is 21.9 Å². The molecule has 0 aliphatic carbocycles. The molecule has 0 saturated heterocycles. The lowest BCUT2D eigenvalue weighted by Crippen LogP contribution is -3.00. The third kappa shape index (κ3) is 16.9. The van der Waals surface area contributed by atoms with E-state index in [1.807, 2.05) is 0 Å². The average Bonchev–Trinajstić information content (AvgIpc) is 2.08. The molecule has 0 atom stereocenters. The lowest BCUT2D eigenvalue weighted by molar-refractivity contribution is -1.06. The Morgan fingerprint density at radius 3 is 1.73 bits per heavy atom. The van der Waals surface area contributed by atoms with Crippen LogP contribution in [0.5, 0.6) is 0 Å². The monoisotopic (exact) mass is 237 g/mol. The molecular weight excluding hydrogens is 210 g/mol. The van der Waals surface area contributed by atoms with Gasteiger partial charge in [0.2, 0.25) is 0 Å². The van der Waals surface area contributed by atoms with Gasteiger partial charge >= 0.3 is 0 Å². The van der Waals surface area contributed by atoms with Crippen molar-refractivity contribution in [2.45, 2.75) is 51.9 Å². The van der Waals surface area contributed by atoms with Crippen LogP contribution in [0.3, 0.4) is 0 Å². The van der Waals surface area contributed by atoms with E-state index < -0.39 is 0 Å². The second-order valence-electron chi connectivity index (χ2n) is 4.84. The number of hydroxylamine groups is 3. The number of rotatable bonds is 9. The summed E-state index contributed by atoms with van der Waals surface area (Å²) in [7, 11) is 6.17. The molecule has 0 radical (unpaired) electrons. The SMILES string of the molecule is CCCCCCCCCO[N+](C)(C)C.[Cl-]. The van der Waals surface area contributed by atoms with Gasteiger partial charge in [-0.25, -0.2) is 4.84 Å². The molecule has 0 aliphatic rings. The summed E-state index contributed by atoms with van der Waals surface area (Å²) < 4.78 is 0.621. The minimum Gasteiger partial charge on any atom is -1.00 e. The maximum atomic E-state index is 5.59. The molecule has 0 N–H and O–H groups in total. The molecule has 0 aromatic heterocycles. The minimum atomic E-state index is 0. The lowest BCUT2D eigenvalue weighted by atomic mass is 10.1. The average molecular weight is 238 g/mol. The van der Waals surface area contributed by atoms with Crippen molar-refractivity contribution in [1.29, 1.82) is 0 Å². The van der Waals surface area contributed by atoms with Crippen molar-refractivity contribution in [3.05, 3.63) is 0 Å². The van der Waals surface area contributed by atoms with Crippen molar-refractivity contribution in [2.75, 3.05) is 27.7 Å². The first-order valence-electron chi connectivity index (χ1n) is 6.02. The molecule has 0 spiro atoms. The van der Waals surface area contributed by atoms with Gasteiger partial charge in [0.15, 0.2) is 0 Å². The molecule has 0 amide bonds. The highest BCUT2D eigenvalue weighted by molar-refractivity contribution is 4.43. The van der Waals surface area contributed by atoms with Gasteiger partial charge in [-0.1, -0.05) is 45.4 Å². The quantitative estimate of drug-likeness (QED) is 0.320. The van der Waals surface area contributed by atoms with Gasteiger partial charge < -0.3 is 12.4 Å². The van der Waals surface area contributed by atoms with Crippen molar-refractivity contribution >= 4 is 0 Å². The fourth-order valence-electron chi connectivity index (χ4n) is 1.40. The molecule has 0 saturated carbocycles. The molecule has 3 heteroatoms. The highest BCUT2D eigenvalue weighted by atomic mass is 35.5. The predicted molar refractivity (Wildman–Crippen MR) is 62.0 cm³/mol. The zero-order valence-electron chi connectivity index (χ0n) is 10.9. The van der Waals surface area contributed by atoms with E-state index in [1.54, 1.807) is 0 Å². The third-order valence-electron chi connectivity index (χ3n) is 2.23. The number of hydrogen-bond donors (Lipinski definition) is 0. The first kappa shape index (κ1) is 17.6. The van der Waals surface area contributed by atoms with Gasteiger partial charge in [0.25, 0.3) is 0 Å². The van der Waals surface area contributed by atoms with Crippen molar-refractivity contribution in [3.63, 3.8) is 0 Å². The van der Waals surface area contributed by atoms with Crippen LogP contribution in [-0.4, -0.2) is 32.4 Å². The Labute approximate surface area is 102 Å². The maximum Gasteiger partial charge on any atom is 0.106 e. The molecule has 0 rings (SSSR count). The molecule has 2 nitrogen and oxygen atoms in total. The molecule has 0 fully saturated rings. The number of halogens is 1. The van der Waals surface area contributed by atoms with Gasteiger partial charge in [0, 0.05) is 0 Å². The zero-order valence-corrected chi connectivity index (χ0v) is 11.6. The van der Waals surface area contributed by atoms with Crippen LogP contribution in [0.2, 0.25) is 0 Å². The molecular formula is C12H28ClNO. The van der Waals surface area contributed by atoms with Crippen molar-refractivity contribution in [3.8, 4) is 0 Å². The normalized spacial score (nSPS) is 11.2. The third-order valence-corrected chi connectivity index (χ3v) is 2.23. The molecule has 0 bridgehead atoms. The summed E-state index contributed by atoms with van der Waals surface area (Å²) in [6, 6.07) is 0. The summed E-state index contributed by atoms with van der Waals surface area (Å²) in [6.45, 7) is 3.16. The summed E-state index contributed by atoms with van der Waals surface area (Å²) in [5, 5.41) is 0. The number of unbranched alkanes of at least 4 members (excludes halogenated alkanes) is 6. The molecule has 94 valence electrons. The summed E-state index contributed by atoms with van der Waals surface area (Å²) in [5.41, 5.74) is 0. The Morgan fingerprint density at radius 2 is 1.27 bits per heavy atom. The Bertz CT molecular complexity index is 123. The summed E-state index contributed by atoms with van der Waals surface area (Å²) >= 11 is 0. The number of quaternary nitrogens is 1. The fourth-order valence-corrected chi connectivity index (χ4v) is 1.40. The maximum absolute atomic E-state index is 5.59. The van der Waals surface area contributed by atoms with E-state index in [1.165, 1.54) is 44.9 Å². The Hall–Kier alpha value is 0.210. The standard InChI is InChI=1S/C12H28NO.ClH/c1-5-6-7-8-9-10-11-12-14-13(2,3)4;/h5-12H2,1-4H3;1H/q+1;/p-1. The predicted octanol–water partition coefficient (Wildman–Crippen LogP) is 0.379. The topological polar surface area (TPSA) is 9.23 Å². The van der Waals surface area contributed by atoms with Gasteiger partial charge in [0.1, 0.15) is 6.61 Å². The smallest absolute Gasteiger partial charge is 0.106 e. The molecule has 0 unspecified atom stereocenters. The fraction of sp³-hybridized carbons (Fsp3) is 1.00. The highest BCUT2D eigenvalue weighted by Crippen LogP contribution is 2.07. The van der Waals surface area contributed by atoms with E-state index in [9.17, 15) is 0 Å². The lowest BCUT2D eigenvalue weighted by Gasteiger charge is -2.20. The van der Waals surface area contributed by atoms with Crippen LogP contribution in [-0.2, 0) is 4.84 Å². The summed E-state index contributed by atoms with van der Waals surface area (Å²) in [6.07, 6.45) is 9.46. The first-order chi connectivity index (χ1) is 6.56. The van der Waals surface area contributed by atoms with E-state index >= 15 is 0 Å². The summed E-state index contributed by atoms with van der Waals surface area (Å²) in [4.78, 5) is 5.59. The van der Waals surface area contributed by atoms with Crippen LogP contribution in [0.1, 0.15) is 51.9 Å². The van der Waals surface area contributed by atoms with Crippen LogP contribution < -0.4 is 12.4 Å². The summed E-state index contributed by atoms with van der Waals surface area (Å²) in [5.74, 6) is 0. The second-order valence-corrected chi connectivity index (χ2v) is 4.84. The van der Waals surface area contributed by atoms with Gasteiger partial charge in [0.05, 0.1) is 21.1 Å². The van der Waals surface area contributed by atoms with Gasteiger partial charge in [-0.3, -0.25) is 0 Å². The van der Waals surface area contributed by atoms with Crippen molar-refractivity contribution in [1.82, 2.24) is 0 Å². The molecule has 0 aliphatic heterocycles. The van der Waals surface area contributed by atoms with E-state index in [4.69, 9.17) is 4.84 Å². The number of nitrogens with zero attached hydrogens (tertiary/aromatic N) is 1. The molecule has 15 heavy (non-hydrogen) atoms. The van der Waals surface area contributed by atoms with E-state index in [0.717, 1.165) is 6.61 Å². The van der Waals surface area contributed by atoms with E-state index in [0.29, 0.717) is 4.65 Å². The van der Waals surface area contributed by atoms with Crippen LogP contribution in [0, 0.1) is 0 Å². The second kappa shape index (κ2) is 10.7. The van der Waals surface area contributed by atoms with Crippen molar-refractivity contribution in [2.24, 2.45) is 0 Å². The Morgan fingerprint density at radius 1 is 0.800 bits per heavy atom. The van der Waals surface area contributed by atoms with Gasteiger partial charge in [-0.05, 0) is 6.42 Å². The Kier molecular flexibility index (Phi) is 12.6. The molecule has 0 heterocycles. The van der Waals surface area contributed by atoms with E-state index in [-0.39, 0.29) is 12.4 Å². The number of hydrogen-bond acceptors (Lipinski definition) is 1.